The minimum atomic E-state index is -1.06. The average Bonchev–Trinajstić information content (AvgIpc) is 2.46. The molecule has 104 valence electrons. The number of carbonyl (C=O) groups is 1. The highest BCUT2D eigenvalue weighted by atomic mass is 19.1. The lowest BCUT2D eigenvalue weighted by atomic mass is 10.2. The molecule has 2 aromatic carbocycles. The second kappa shape index (κ2) is 6.14. The number of methoxy groups -OCH3 is 1. The Bertz CT molecular complexity index is 612. The van der Waals surface area contributed by atoms with Crippen LogP contribution in [-0.2, 0) is 11.3 Å². The maximum Gasteiger partial charge on any atom is 0.341 e. The third-order valence-corrected chi connectivity index (χ3v) is 2.69. The topological polar surface area (TPSA) is 35.5 Å². The molecule has 0 amide bonds. The Hall–Kier alpha value is -2.43. The van der Waals surface area contributed by atoms with E-state index in [2.05, 4.69) is 4.74 Å². The van der Waals surface area contributed by atoms with Gasteiger partial charge in [-0.15, -0.1) is 0 Å². The number of hydrogen-bond acceptors (Lipinski definition) is 3. The zero-order valence-corrected chi connectivity index (χ0v) is 10.7. The van der Waals surface area contributed by atoms with E-state index in [1.165, 1.54) is 0 Å². The highest BCUT2D eigenvalue weighted by Gasteiger charge is 2.20. The number of ether oxygens (including phenoxy) is 2. The Kier molecular flexibility index (Phi) is 4.30. The predicted octanol–water partition coefficient (Wildman–Crippen LogP) is 3.33. The Morgan fingerprint density at radius 1 is 1.10 bits per heavy atom. The van der Waals surface area contributed by atoms with Crippen LogP contribution in [0.1, 0.15) is 15.9 Å². The van der Waals surface area contributed by atoms with E-state index in [0.29, 0.717) is 0 Å². The van der Waals surface area contributed by atoms with Gasteiger partial charge in [-0.1, -0.05) is 30.3 Å². The lowest BCUT2D eigenvalue weighted by Crippen LogP contribution is -2.09. The Morgan fingerprint density at radius 2 is 1.80 bits per heavy atom. The fourth-order valence-electron chi connectivity index (χ4n) is 1.68. The van der Waals surface area contributed by atoms with Crippen molar-refractivity contribution in [2.75, 3.05) is 7.11 Å². The van der Waals surface area contributed by atoms with Crippen molar-refractivity contribution < 1.29 is 23.0 Å². The molecular weight excluding hydrogens is 266 g/mol. The highest BCUT2D eigenvalue weighted by Crippen LogP contribution is 2.24. The zero-order chi connectivity index (χ0) is 14.5. The summed E-state index contributed by atoms with van der Waals surface area (Å²) in [5.41, 5.74) is 0.412. The lowest BCUT2D eigenvalue weighted by Gasteiger charge is -2.08. The van der Waals surface area contributed by atoms with Crippen molar-refractivity contribution in [2.45, 2.75) is 6.61 Å². The third kappa shape index (κ3) is 2.93. The second-order valence-corrected chi connectivity index (χ2v) is 4.00. The molecule has 0 aromatic heterocycles. The molecule has 0 heterocycles. The van der Waals surface area contributed by atoms with Crippen molar-refractivity contribution in [3.05, 3.63) is 65.2 Å². The van der Waals surface area contributed by atoms with Crippen LogP contribution in [0.5, 0.6) is 5.75 Å². The first-order valence-corrected chi connectivity index (χ1v) is 5.86. The summed E-state index contributed by atoms with van der Waals surface area (Å²) in [6, 6.07) is 11.0. The van der Waals surface area contributed by atoms with E-state index in [1.807, 2.05) is 6.07 Å². The maximum atomic E-state index is 13.8. The third-order valence-electron chi connectivity index (χ3n) is 2.69. The van der Waals surface area contributed by atoms with Crippen LogP contribution in [0.4, 0.5) is 8.78 Å². The fourth-order valence-corrected chi connectivity index (χ4v) is 1.68. The van der Waals surface area contributed by atoms with E-state index in [0.717, 1.165) is 24.8 Å². The number of benzene rings is 2. The zero-order valence-electron chi connectivity index (χ0n) is 10.7. The molecule has 2 aromatic rings. The van der Waals surface area contributed by atoms with Crippen LogP contribution in [0.3, 0.4) is 0 Å². The van der Waals surface area contributed by atoms with Gasteiger partial charge >= 0.3 is 5.97 Å². The molecule has 0 aliphatic carbocycles. The van der Waals surface area contributed by atoms with Crippen LogP contribution >= 0.6 is 0 Å². The van der Waals surface area contributed by atoms with Gasteiger partial charge in [0.05, 0.1) is 12.7 Å². The van der Waals surface area contributed by atoms with Gasteiger partial charge < -0.3 is 9.47 Å². The molecule has 0 spiro atoms. The van der Waals surface area contributed by atoms with Crippen LogP contribution in [0.25, 0.3) is 0 Å². The normalized spacial score (nSPS) is 10.2. The monoisotopic (exact) mass is 278 g/mol. The molecule has 0 saturated carbocycles. The molecule has 20 heavy (non-hydrogen) atoms. The molecule has 0 aliphatic heterocycles. The molecule has 0 bridgehead atoms. The predicted molar refractivity (Wildman–Crippen MR) is 68.5 cm³/mol. The minimum absolute atomic E-state index is 0.0127. The van der Waals surface area contributed by atoms with E-state index >= 15 is 0 Å². The SMILES string of the molecule is COc1c(F)ccc(C(=O)OCc2ccccc2)c1F. The van der Waals surface area contributed by atoms with E-state index in [9.17, 15) is 13.6 Å². The first-order chi connectivity index (χ1) is 9.63. The Morgan fingerprint density at radius 3 is 2.45 bits per heavy atom. The summed E-state index contributed by atoms with van der Waals surface area (Å²) < 4.78 is 36.6. The molecule has 0 fully saturated rings. The van der Waals surface area contributed by atoms with Crippen molar-refractivity contribution in [2.24, 2.45) is 0 Å². The number of esters is 1. The van der Waals surface area contributed by atoms with Gasteiger partial charge in [-0.05, 0) is 17.7 Å². The quantitative estimate of drug-likeness (QED) is 0.805. The first kappa shape index (κ1) is 14.0. The largest absolute Gasteiger partial charge is 0.491 e. The van der Waals surface area contributed by atoms with Crippen LogP contribution in [0, 0.1) is 11.6 Å². The summed E-state index contributed by atoms with van der Waals surface area (Å²) in [5.74, 6) is -3.40. The van der Waals surface area contributed by atoms with Gasteiger partial charge in [0.2, 0.25) is 0 Å². The van der Waals surface area contributed by atoms with Gasteiger partial charge in [0, 0.05) is 0 Å². The minimum Gasteiger partial charge on any atom is -0.491 e. The molecule has 3 nitrogen and oxygen atoms in total. The fraction of sp³-hybridized carbons (Fsp3) is 0.133. The first-order valence-electron chi connectivity index (χ1n) is 5.86. The summed E-state index contributed by atoms with van der Waals surface area (Å²) in [7, 11) is 1.13. The number of carbonyl (C=O) groups excluding carboxylic acids is 1. The Balaban J connectivity index is 2.14. The van der Waals surface area contributed by atoms with Crippen molar-refractivity contribution in [3.63, 3.8) is 0 Å². The highest BCUT2D eigenvalue weighted by molar-refractivity contribution is 5.90. The summed E-state index contributed by atoms with van der Waals surface area (Å²) in [6.45, 7) is 0.0127. The summed E-state index contributed by atoms with van der Waals surface area (Å²) >= 11 is 0. The molecule has 2 rings (SSSR count). The van der Waals surface area contributed by atoms with Crippen molar-refractivity contribution in [1.29, 1.82) is 0 Å². The van der Waals surface area contributed by atoms with Crippen molar-refractivity contribution >= 4 is 5.97 Å². The van der Waals surface area contributed by atoms with Crippen LogP contribution in [-0.4, -0.2) is 13.1 Å². The van der Waals surface area contributed by atoms with E-state index in [1.54, 1.807) is 24.3 Å². The molecule has 5 heteroatoms. The van der Waals surface area contributed by atoms with Gasteiger partial charge in [0.1, 0.15) is 6.61 Å². The molecule has 0 radical (unpaired) electrons. The molecule has 0 unspecified atom stereocenters. The van der Waals surface area contributed by atoms with Gasteiger partial charge in [0.15, 0.2) is 17.4 Å². The van der Waals surface area contributed by atoms with Crippen molar-refractivity contribution in [3.8, 4) is 5.75 Å². The maximum absolute atomic E-state index is 13.8. The second-order valence-electron chi connectivity index (χ2n) is 4.00. The van der Waals surface area contributed by atoms with E-state index < -0.39 is 23.4 Å². The number of hydrogen-bond donors (Lipinski definition) is 0. The smallest absolute Gasteiger partial charge is 0.341 e. The van der Waals surface area contributed by atoms with E-state index in [4.69, 9.17) is 4.74 Å². The standard InChI is InChI=1S/C15H12F2O3/c1-19-14-12(16)8-7-11(13(14)17)15(18)20-9-10-5-3-2-4-6-10/h2-8H,9H2,1H3. The molecule has 0 atom stereocenters. The molecule has 0 aliphatic rings. The Labute approximate surface area is 114 Å². The van der Waals surface area contributed by atoms with Gasteiger partial charge in [-0.3, -0.25) is 0 Å². The van der Waals surface area contributed by atoms with Crippen LogP contribution < -0.4 is 4.74 Å². The summed E-state index contributed by atoms with van der Waals surface area (Å²) in [6.07, 6.45) is 0. The summed E-state index contributed by atoms with van der Waals surface area (Å²) in [4.78, 5) is 11.8. The number of halogens is 2. The van der Waals surface area contributed by atoms with Gasteiger partial charge in [-0.2, -0.15) is 0 Å². The molecular formula is C15H12F2O3. The van der Waals surface area contributed by atoms with Crippen LogP contribution in [0.15, 0.2) is 42.5 Å². The average molecular weight is 278 g/mol. The number of rotatable bonds is 4. The van der Waals surface area contributed by atoms with Gasteiger partial charge in [0.25, 0.3) is 0 Å². The lowest BCUT2D eigenvalue weighted by molar-refractivity contribution is 0.0466. The molecule has 0 N–H and O–H groups in total. The van der Waals surface area contributed by atoms with Crippen molar-refractivity contribution in [1.82, 2.24) is 0 Å². The van der Waals surface area contributed by atoms with E-state index in [-0.39, 0.29) is 12.2 Å². The van der Waals surface area contributed by atoms with Gasteiger partial charge in [-0.25, -0.2) is 13.6 Å². The van der Waals surface area contributed by atoms with Crippen LogP contribution in [0.2, 0.25) is 0 Å². The summed E-state index contributed by atoms with van der Waals surface area (Å²) in [5, 5.41) is 0. The molecule has 0 saturated heterocycles.